The summed E-state index contributed by atoms with van der Waals surface area (Å²) in [5.74, 6) is 0.468. The smallest absolute Gasteiger partial charge is 0.246 e. The van der Waals surface area contributed by atoms with E-state index in [2.05, 4.69) is 38.9 Å². The summed E-state index contributed by atoms with van der Waals surface area (Å²) in [6.45, 7) is 4.36. The number of phenolic OH excluding ortho intramolecular Hbond substituents is 1. The van der Waals surface area contributed by atoms with Gasteiger partial charge in [0.2, 0.25) is 5.91 Å². The number of hydrazine groups is 1. The van der Waals surface area contributed by atoms with Gasteiger partial charge in [0.1, 0.15) is 6.04 Å². The van der Waals surface area contributed by atoms with E-state index in [0.29, 0.717) is 12.4 Å². The van der Waals surface area contributed by atoms with Crippen LogP contribution in [-0.2, 0) is 4.79 Å². The molecule has 3 N–H and O–H groups in total. The first-order valence-electron chi connectivity index (χ1n) is 11.1. The molecule has 0 aromatic heterocycles. The van der Waals surface area contributed by atoms with E-state index in [1.165, 1.54) is 0 Å². The zero-order valence-corrected chi connectivity index (χ0v) is 20.0. The lowest BCUT2D eigenvalue weighted by Gasteiger charge is -2.31. The molecular weight excluding hydrogens is 482 g/mol. The van der Waals surface area contributed by atoms with Gasteiger partial charge in [-0.3, -0.25) is 4.79 Å². The summed E-state index contributed by atoms with van der Waals surface area (Å²) in [6.07, 6.45) is 0. The Bertz CT molecular complexity index is 1170. The highest BCUT2D eigenvalue weighted by Crippen LogP contribution is 2.50. The van der Waals surface area contributed by atoms with Crippen LogP contribution in [-0.4, -0.2) is 23.7 Å². The molecule has 5 rings (SSSR count). The molecule has 3 aromatic rings. The standard InChI is InChI=1S/C26H26BrN3O3/c1-3-33-21-14-17(8-13-20(21)31)25-22-23(16-6-9-18(27)10-7-16)28-29-24(22)26(32)30(25)19-11-4-15(2)5-12-19/h4-14,22-25,28-29,31H,3H2,1-2H3. The second-order valence-corrected chi connectivity index (χ2v) is 9.44. The molecule has 0 bridgehead atoms. The summed E-state index contributed by atoms with van der Waals surface area (Å²) in [4.78, 5) is 15.6. The number of ether oxygens (including phenoxy) is 1. The molecule has 2 saturated heterocycles. The van der Waals surface area contributed by atoms with Gasteiger partial charge in [0.15, 0.2) is 11.5 Å². The third-order valence-corrected chi connectivity index (χ3v) is 7.01. The van der Waals surface area contributed by atoms with Crippen molar-refractivity contribution >= 4 is 27.5 Å². The zero-order chi connectivity index (χ0) is 23.1. The Morgan fingerprint density at radius 2 is 1.64 bits per heavy atom. The van der Waals surface area contributed by atoms with E-state index in [0.717, 1.165) is 26.9 Å². The van der Waals surface area contributed by atoms with Crippen molar-refractivity contribution in [2.45, 2.75) is 32.0 Å². The number of amides is 1. The summed E-state index contributed by atoms with van der Waals surface area (Å²) in [5.41, 5.74) is 10.6. The van der Waals surface area contributed by atoms with Gasteiger partial charge >= 0.3 is 0 Å². The van der Waals surface area contributed by atoms with Crippen molar-refractivity contribution in [2.24, 2.45) is 5.92 Å². The van der Waals surface area contributed by atoms with Gasteiger partial charge in [0.25, 0.3) is 0 Å². The fourth-order valence-corrected chi connectivity index (χ4v) is 5.20. The minimum absolute atomic E-state index is 0.0204. The number of carbonyl (C=O) groups is 1. The van der Waals surface area contributed by atoms with E-state index in [1.807, 2.05) is 67.3 Å². The molecule has 0 aliphatic carbocycles. The molecule has 3 aromatic carbocycles. The first kappa shape index (κ1) is 21.9. The highest BCUT2D eigenvalue weighted by Gasteiger charge is 2.56. The van der Waals surface area contributed by atoms with E-state index in [4.69, 9.17) is 4.74 Å². The fourth-order valence-electron chi connectivity index (χ4n) is 4.94. The minimum atomic E-state index is -0.380. The van der Waals surface area contributed by atoms with Crippen LogP contribution in [0.2, 0.25) is 0 Å². The van der Waals surface area contributed by atoms with Crippen LogP contribution in [0.15, 0.2) is 71.2 Å². The number of anilines is 1. The van der Waals surface area contributed by atoms with Gasteiger partial charge < -0.3 is 14.7 Å². The predicted octanol–water partition coefficient (Wildman–Crippen LogP) is 4.78. The fraction of sp³-hybridized carbons (Fsp3) is 0.269. The number of rotatable bonds is 5. The average molecular weight is 508 g/mol. The second-order valence-electron chi connectivity index (χ2n) is 8.52. The maximum absolute atomic E-state index is 13.7. The van der Waals surface area contributed by atoms with Crippen LogP contribution in [0.4, 0.5) is 5.69 Å². The van der Waals surface area contributed by atoms with E-state index in [9.17, 15) is 9.90 Å². The Kier molecular flexibility index (Phi) is 5.86. The van der Waals surface area contributed by atoms with E-state index < -0.39 is 0 Å². The molecule has 2 fully saturated rings. The van der Waals surface area contributed by atoms with E-state index in [1.54, 1.807) is 6.07 Å². The van der Waals surface area contributed by atoms with E-state index in [-0.39, 0.29) is 35.7 Å². The van der Waals surface area contributed by atoms with Gasteiger partial charge in [-0.25, -0.2) is 10.9 Å². The van der Waals surface area contributed by atoms with Crippen LogP contribution >= 0.6 is 15.9 Å². The number of aromatic hydroxyl groups is 1. The van der Waals surface area contributed by atoms with Crippen molar-refractivity contribution < 1.29 is 14.6 Å². The lowest BCUT2D eigenvalue weighted by atomic mass is 9.83. The summed E-state index contributed by atoms with van der Waals surface area (Å²) in [6, 6.07) is 20.9. The number of hydrogen-bond acceptors (Lipinski definition) is 5. The number of nitrogens with zero attached hydrogens (tertiary/aromatic N) is 1. The second kappa shape index (κ2) is 8.82. The number of nitrogens with one attached hydrogen (secondary N) is 2. The lowest BCUT2D eigenvalue weighted by molar-refractivity contribution is -0.119. The normalized spacial score (nSPS) is 24.2. The summed E-state index contributed by atoms with van der Waals surface area (Å²) >= 11 is 3.51. The molecule has 0 spiro atoms. The molecule has 33 heavy (non-hydrogen) atoms. The van der Waals surface area contributed by atoms with Gasteiger partial charge in [0, 0.05) is 16.1 Å². The number of phenols is 1. The largest absolute Gasteiger partial charge is 0.504 e. The van der Waals surface area contributed by atoms with Crippen molar-refractivity contribution in [2.75, 3.05) is 11.5 Å². The molecule has 4 atom stereocenters. The van der Waals surface area contributed by atoms with Gasteiger partial charge in [-0.2, -0.15) is 0 Å². The number of halogens is 1. The quantitative estimate of drug-likeness (QED) is 0.463. The van der Waals surface area contributed by atoms with Crippen molar-refractivity contribution in [3.63, 3.8) is 0 Å². The third-order valence-electron chi connectivity index (χ3n) is 6.48. The Morgan fingerprint density at radius 3 is 2.33 bits per heavy atom. The molecule has 7 heteroatoms. The molecule has 2 aliphatic heterocycles. The van der Waals surface area contributed by atoms with Crippen molar-refractivity contribution in [3.8, 4) is 11.5 Å². The van der Waals surface area contributed by atoms with Gasteiger partial charge in [-0.15, -0.1) is 0 Å². The van der Waals surface area contributed by atoms with E-state index >= 15 is 0 Å². The topological polar surface area (TPSA) is 73.8 Å². The number of aryl methyl sites for hydroxylation is 1. The van der Waals surface area contributed by atoms with Crippen molar-refractivity contribution in [1.29, 1.82) is 0 Å². The highest BCUT2D eigenvalue weighted by molar-refractivity contribution is 9.10. The maximum Gasteiger partial charge on any atom is 0.246 e. The van der Waals surface area contributed by atoms with Gasteiger partial charge in [-0.1, -0.05) is 51.8 Å². The number of benzene rings is 3. The Balaban J connectivity index is 1.63. The Morgan fingerprint density at radius 1 is 0.970 bits per heavy atom. The Hall–Kier alpha value is -2.87. The van der Waals surface area contributed by atoms with Gasteiger partial charge in [0.05, 0.1) is 18.7 Å². The lowest BCUT2D eigenvalue weighted by Crippen LogP contribution is -2.41. The number of hydrogen-bond donors (Lipinski definition) is 3. The molecule has 0 saturated carbocycles. The Labute approximate surface area is 201 Å². The van der Waals surface area contributed by atoms with Gasteiger partial charge in [-0.05, 0) is 61.4 Å². The first-order chi connectivity index (χ1) is 16.0. The van der Waals surface area contributed by atoms with Crippen LogP contribution in [0.3, 0.4) is 0 Å². The molecular formula is C26H26BrN3O3. The summed E-state index contributed by atoms with van der Waals surface area (Å²) in [7, 11) is 0. The van der Waals surface area contributed by atoms with Crippen LogP contribution < -0.4 is 20.5 Å². The molecule has 1 amide bonds. The average Bonchev–Trinajstić information content (AvgIpc) is 3.36. The maximum atomic E-state index is 13.7. The molecule has 0 radical (unpaired) electrons. The first-order valence-corrected chi connectivity index (χ1v) is 11.9. The number of fused-ring (bicyclic) bond motifs is 1. The minimum Gasteiger partial charge on any atom is -0.504 e. The van der Waals surface area contributed by atoms with Crippen LogP contribution in [0.25, 0.3) is 0 Å². The molecule has 2 aliphatic rings. The zero-order valence-electron chi connectivity index (χ0n) is 18.5. The molecule has 170 valence electrons. The highest BCUT2D eigenvalue weighted by atomic mass is 79.9. The number of carbonyl (C=O) groups excluding carboxylic acids is 1. The molecule has 6 nitrogen and oxygen atoms in total. The van der Waals surface area contributed by atoms with Crippen LogP contribution in [0.1, 0.15) is 35.7 Å². The summed E-state index contributed by atoms with van der Waals surface area (Å²) in [5, 5.41) is 10.3. The SMILES string of the molecule is CCOc1cc(C2C3C(NNC3c3ccc(Br)cc3)C(=O)N2c2ccc(C)cc2)ccc1O. The third kappa shape index (κ3) is 3.90. The molecule has 4 unspecified atom stereocenters. The predicted molar refractivity (Wildman–Crippen MR) is 131 cm³/mol. The monoisotopic (exact) mass is 507 g/mol. The van der Waals surface area contributed by atoms with Crippen molar-refractivity contribution in [3.05, 3.63) is 87.9 Å². The van der Waals surface area contributed by atoms with Crippen LogP contribution in [0, 0.1) is 12.8 Å². The van der Waals surface area contributed by atoms with Crippen molar-refractivity contribution in [1.82, 2.24) is 10.9 Å². The summed E-state index contributed by atoms with van der Waals surface area (Å²) < 4.78 is 6.67. The molecule has 2 heterocycles. The van der Waals surface area contributed by atoms with Crippen LogP contribution in [0.5, 0.6) is 11.5 Å².